The van der Waals surface area contributed by atoms with Gasteiger partial charge in [0.2, 0.25) is 11.8 Å². The Balaban J connectivity index is 1.63. The van der Waals surface area contributed by atoms with Crippen molar-refractivity contribution in [3.05, 3.63) is 89.7 Å². The van der Waals surface area contributed by atoms with Gasteiger partial charge in [0.15, 0.2) is 0 Å². The average molecular weight is 534 g/mol. The predicted molar refractivity (Wildman–Crippen MR) is 144 cm³/mol. The zero-order chi connectivity index (χ0) is 28.2. The fourth-order valence-electron chi connectivity index (χ4n) is 3.73. The first-order valence-electron chi connectivity index (χ1n) is 12.2. The molecule has 0 spiro atoms. The number of ether oxygens (including phenoxy) is 2. The van der Waals surface area contributed by atoms with E-state index in [4.69, 9.17) is 9.47 Å². The number of nitrogens with one attached hydrogen (secondary N) is 3. The summed E-state index contributed by atoms with van der Waals surface area (Å²) >= 11 is 0. The molecular formula is C27H31BN4O7. The van der Waals surface area contributed by atoms with E-state index in [1.165, 1.54) is 19.4 Å². The van der Waals surface area contributed by atoms with Gasteiger partial charge in [0.05, 0.1) is 26.7 Å². The molecule has 1 aromatic heterocycles. The largest absolute Gasteiger partial charge is 0.497 e. The molecule has 0 aliphatic rings. The molecule has 11 nitrogen and oxygen atoms in total. The van der Waals surface area contributed by atoms with Crippen LogP contribution in [0.2, 0.25) is 0 Å². The van der Waals surface area contributed by atoms with Crippen LogP contribution in [0.1, 0.15) is 21.6 Å². The summed E-state index contributed by atoms with van der Waals surface area (Å²) in [6, 6.07) is 17.8. The van der Waals surface area contributed by atoms with Crippen LogP contribution in [0.4, 0.5) is 0 Å². The first-order valence-corrected chi connectivity index (χ1v) is 12.2. The quantitative estimate of drug-likeness (QED) is 0.196. The van der Waals surface area contributed by atoms with Crippen molar-refractivity contribution in [3.8, 4) is 11.5 Å². The molecule has 0 unspecified atom stereocenters. The third-order valence-electron chi connectivity index (χ3n) is 5.86. The van der Waals surface area contributed by atoms with Crippen LogP contribution in [0.15, 0.2) is 72.9 Å². The van der Waals surface area contributed by atoms with Crippen molar-refractivity contribution in [2.75, 3.05) is 20.8 Å². The SMILES string of the molecule is COc1ccc(C[C@H](NC(=O)CNC(=O)[C@H](Cc2ccc(OC)cc2)NC(=O)c2ccccn2)B(O)O)cc1. The van der Waals surface area contributed by atoms with E-state index < -0.39 is 43.4 Å². The summed E-state index contributed by atoms with van der Waals surface area (Å²) in [7, 11) is 1.25. The van der Waals surface area contributed by atoms with E-state index in [1.807, 2.05) is 0 Å². The molecule has 3 amide bonds. The summed E-state index contributed by atoms with van der Waals surface area (Å²) in [5.74, 6) is -1.50. The number of amides is 3. The Morgan fingerprint density at radius 2 is 1.44 bits per heavy atom. The molecule has 12 heteroatoms. The number of rotatable bonds is 13. The van der Waals surface area contributed by atoms with Gasteiger partial charge in [-0.1, -0.05) is 30.3 Å². The Bertz CT molecular complexity index is 1230. The van der Waals surface area contributed by atoms with E-state index >= 15 is 0 Å². The molecule has 0 bridgehead atoms. The number of hydrogen-bond acceptors (Lipinski definition) is 8. The molecule has 204 valence electrons. The number of pyridine rings is 1. The number of aromatic nitrogens is 1. The molecule has 0 saturated carbocycles. The number of carbonyl (C=O) groups excluding carboxylic acids is 3. The Hall–Kier alpha value is -4.42. The van der Waals surface area contributed by atoms with Gasteiger partial charge in [-0.2, -0.15) is 0 Å². The van der Waals surface area contributed by atoms with Crippen molar-refractivity contribution in [2.24, 2.45) is 0 Å². The first kappa shape index (κ1) is 29.1. The van der Waals surface area contributed by atoms with Crippen LogP contribution >= 0.6 is 0 Å². The molecule has 3 aromatic rings. The molecule has 3 rings (SSSR count). The van der Waals surface area contributed by atoms with Gasteiger partial charge in [-0.3, -0.25) is 19.4 Å². The molecule has 0 aliphatic carbocycles. The standard InChI is InChI=1S/C27H31BN4O7/c1-38-20-10-6-18(7-11-20)15-23(31-27(35)22-5-3-4-14-29-22)26(34)30-17-25(33)32-24(28(36)37)16-19-8-12-21(39-2)13-9-19/h3-14,23-24,36-37H,15-17H2,1-2H3,(H,30,34)(H,31,35)(H,32,33)/t23-,24-/m0/s1. The lowest BCUT2D eigenvalue weighted by Crippen LogP contribution is -2.53. The van der Waals surface area contributed by atoms with E-state index in [9.17, 15) is 24.4 Å². The van der Waals surface area contributed by atoms with Gasteiger partial charge in [-0.05, 0) is 53.9 Å². The Kier molecular flexibility index (Phi) is 10.8. The number of carbonyl (C=O) groups is 3. The molecule has 39 heavy (non-hydrogen) atoms. The highest BCUT2D eigenvalue weighted by Crippen LogP contribution is 2.14. The van der Waals surface area contributed by atoms with Crippen LogP contribution in [0.25, 0.3) is 0 Å². The fourth-order valence-corrected chi connectivity index (χ4v) is 3.73. The maximum absolute atomic E-state index is 13.1. The van der Waals surface area contributed by atoms with Gasteiger partial charge in [0, 0.05) is 12.6 Å². The van der Waals surface area contributed by atoms with Crippen LogP contribution in [-0.4, -0.2) is 72.6 Å². The Morgan fingerprint density at radius 1 is 0.846 bits per heavy atom. The smallest absolute Gasteiger partial charge is 0.475 e. The lowest BCUT2D eigenvalue weighted by atomic mass is 9.76. The summed E-state index contributed by atoms with van der Waals surface area (Å²) in [5, 5.41) is 27.2. The molecule has 0 radical (unpaired) electrons. The molecule has 2 aromatic carbocycles. The van der Waals surface area contributed by atoms with E-state index in [-0.39, 0.29) is 18.5 Å². The number of methoxy groups -OCH3 is 2. The van der Waals surface area contributed by atoms with Crippen LogP contribution in [0.5, 0.6) is 11.5 Å². The summed E-state index contributed by atoms with van der Waals surface area (Å²) in [6.07, 6.45) is 1.75. The second-order valence-electron chi connectivity index (χ2n) is 8.65. The minimum Gasteiger partial charge on any atom is -0.497 e. The molecule has 1 heterocycles. The van der Waals surface area contributed by atoms with Crippen LogP contribution < -0.4 is 25.4 Å². The van der Waals surface area contributed by atoms with Crippen molar-refractivity contribution < 1.29 is 33.9 Å². The van der Waals surface area contributed by atoms with Crippen LogP contribution in [0, 0.1) is 0 Å². The first-order chi connectivity index (χ1) is 18.8. The van der Waals surface area contributed by atoms with E-state index in [1.54, 1.807) is 67.8 Å². The lowest BCUT2D eigenvalue weighted by molar-refractivity contribution is -0.127. The van der Waals surface area contributed by atoms with Crippen molar-refractivity contribution in [3.63, 3.8) is 0 Å². The number of nitrogens with zero attached hydrogens (tertiary/aromatic N) is 1. The van der Waals surface area contributed by atoms with Crippen molar-refractivity contribution in [1.29, 1.82) is 0 Å². The minimum atomic E-state index is -1.83. The summed E-state index contributed by atoms with van der Waals surface area (Å²) in [5.41, 5.74) is 1.64. The highest BCUT2D eigenvalue weighted by atomic mass is 16.5. The molecule has 2 atom stereocenters. The Morgan fingerprint density at radius 3 is 1.95 bits per heavy atom. The second kappa shape index (κ2) is 14.5. The van der Waals surface area contributed by atoms with E-state index in [2.05, 4.69) is 20.9 Å². The predicted octanol–water partition coefficient (Wildman–Crippen LogP) is 0.296. The van der Waals surface area contributed by atoms with Crippen molar-refractivity contribution in [2.45, 2.75) is 24.8 Å². The lowest BCUT2D eigenvalue weighted by Gasteiger charge is -2.20. The van der Waals surface area contributed by atoms with Crippen molar-refractivity contribution >= 4 is 24.8 Å². The summed E-state index contributed by atoms with van der Waals surface area (Å²) in [4.78, 5) is 42.3. The van der Waals surface area contributed by atoms with Crippen LogP contribution in [0.3, 0.4) is 0 Å². The van der Waals surface area contributed by atoms with Gasteiger partial charge in [-0.25, -0.2) is 0 Å². The molecule has 0 saturated heterocycles. The Labute approximate surface area is 226 Å². The van der Waals surface area contributed by atoms with Gasteiger partial charge in [0.25, 0.3) is 5.91 Å². The maximum atomic E-state index is 13.1. The zero-order valence-electron chi connectivity index (χ0n) is 21.7. The van der Waals surface area contributed by atoms with Gasteiger partial charge < -0.3 is 35.5 Å². The topological polar surface area (TPSA) is 159 Å². The van der Waals surface area contributed by atoms with E-state index in [0.29, 0.717) is 11.5 Å². The normalized spacial score (nSPS) is 12.0. The molecular weight excluding hydrogens is 503 g/mol. The third-order valence-corrected chi connectivity index (χ3v) is 5.86. The summed E-state index contributed by atoms with van der Waals surface area (Å²) < 4.78 is 10.3. The number of hydrogen-bond donors (Lipinski definition) is 5. The molecule has 5 N–H and O–H groups in total. The van der Waals surface area contributed by atoms with Gasteiger partial charge >= 0.3 is 7.12 Å². The van der Waals surface area contributed by atoms with Gasteiger partial charge in [-0.15, -0.1) is 0 Å². The van der Waals surface area contributed by atoms with Crippen LogP contribution in [-0.2, 0) is 22.4 Å². The van der Waals surface area contributed by atoms with Gasteiger partial charge in [0.1, 0.15) is 23.2 Å². The average Bonchev–Trinajstić information content (AvgIpc) is 2.96. The number of benzene rings is 2. The minimum absolute atomic E-state index is 0.140. The maximum Gasteiger partial charge on any atom is 0.475 e. The summed E-state index contributed by atoms with van der Waals surface area (Å²) in [6.45, 7) is -0.441. The van der Waals surface area contributed by atoms with Crippen molar-refractivity contribution in [1.82, 2.24) is 20.9 Å². The second-order valence-corrected chi connectivity index (χ2v) is 8.65. The molecule has 0 aliphatic heterocycles. The molecule has 0 fully saturated rings. The highest BCUT2D eigenvalue weighted by molar-refractivity contribution is 6.43. The fraction of sp³-hybridized carbons (Fsp3) is 0.259. The highest BCUT2D eigenvalue weighted by Gasteiger charge is 2.27. The third kappa shape index (κ3) is 9.13. The zero-order valence-corrected chi connectivity index (χ0v) is 21.7. The van der Waals surface area contributed by atoms with E-state index in [0.717, 1.165) is 11.1 Å². The monoisotopic (exact) mass is 534 g/mol.